The Balaban J connectivity index is 1.89. The summed E-state index contributed by atoms with van der Waals surface area (Å²) in [7, 11) is -2.53. The van der Waals surface area contributed by atoms with Crippen molar-refractivity contribution in [1.82, 2.24) is 9.62 Å². The number of nitrogens with two attached hydrogens (primary N) is 1. The number of rotatable bonds is 14. The normalized spacial score (nSPS) is 13.6. The number of carbonyl (C=O) groups excluding carboxylic acids is 1. The van der Waals surface area contributed by atoms with Crippen LogP contribution in [0.2, 0.25) is 0 Å². The predicted molar refractivity (Wildman–Crippen MR) is 147 cm³/mol. The van der Waals surface area contributed by atoms with Crippen molar-refractivity contribution >= 4 is 16.1 Å². The van der Waals surface area contributed by atoms with Gasteiger partial charge in [-0.3, -0.25) is 0 Å². The lowest BCUT2D eigenvalue weighted by atomic mass is 9.89. The van der Waals surface area contributed by atoms with Crippen molar-refractivity contribution in [2.45, 2.75) is 43.7 Å². The summed E-state index contributed by atoms with van der Waals surface area (Å²) < 4.78 is 44.1. The van der Waals surface area contributed by atoms with E-state index in [-0.39, 0.29) is 30.2 Å². The Morgan fingerprint density at radius 2 is 1.79 bits per heavy atom. The maximum atomic E-state index is 13.8. The van der Waals surface area contributed by atoms with Crippen LogP contribution in [0.3, 0.4) is 0 Å². The molecule has 0 bridgehead atoms. The topological polar surface area (TPSA) is 144 Å². The molecule has 0 aliphatic carbocycles. The van der Waals surface area contributed by atoms with E-state index in [0.717, 1.165) is 5.56 Å². The second-order valence-electron chi connectivity index (χ2n) is 10.0. The minimum absolute atomic E-state index is 0.0611. The number of nitrogens with zero attached hydrogens (tertiary/aromatic N) is 1. The zero-order valence-corrected chi connectivity index (χ0v) is 23.3. The Bertz CT molecular complexity index is 1260. The second kappa shape index (κ2) is 13.6. The van der Waals surface area contributed by atoms with Crippen LogP contribution in [-0.2, 0) is 16.4 Å². The van der Waals surface area contributed by atoms with Crippen LogP contribution >= 0.6 is 0 Å². The summed E-state index contributed by atoms with van der Waals surface area (Å²) in [6.45, 7) is 4.05. The highest BCUT2D eigenvalue weighted by molar-refractivity contribution is 7.89. The molecule has 1 aromatic heterocycles. The summed E-state index contributed by atoms with van der Waals surface area (Å²) in [4.78, 5) is 12.7. The SMILES string of the molecule is COc1ccc(S(=O)(=O)N(C[C@@H](O)[C@H](Cc2ccccc2)NC(=O)Oc2ccoc2)CC(C)(C)CCN)cc1. The Kier molecular flexibility index (Phi) is 10.5. The molecule has 3 rings (SSSR count). The summed E-state index contributed by atoms with van der Waals surface area (Å²) in [5, 5.41) is 14.1. The standard InChI is InChI=1S/C28H37N3O7S/c1-28(2,14-15-29)20-31(39(34,35)24-11-9-22(36-3)10-12-24)18-26(32)25(17-21-7-5-4-6-8-21)30-27(33)38-23-13-16-37-19-23/h4-13,16,19,25-26,32H,14-15,17-18,20,29H2,1-3H3,(H,30,33)/t25-,26+/m0/s1. The maximum Gasteiger partial charge on any atom is 0.413 e. The number of aliphatic hydroxyl groups excluding tert-OH is 1. The van der Waals surface area contributed by atoms with E-state index in [4.69, 9.17) is 19.6 Å². The number of furan rings is 1. The van der Waals surface area contributed by atoms with E-state index < -0.39 is 33.7 Å². The van der Waals surface area contributed by atoms with Crippen molar-refractivity contribution in [3.05, 3.63) is 78.8 Å². The van der Waals surface area contributed by atoms with Gasteiger partial charge < -0.3 is 30.0 Å². The van der Waals surface area contributed by atoms with Crippen molar-refractivity contribution < 1.29 is 32.2 Å². The van der Waals surface area contributed by atoms with E-state index in [1.54, 1.807) is 12.1 Å². The van der Waals surface area contributed by atoms with Gasteiger partial charge in [-0.15, -0.1) is 0 Å². The number of hydrogen-bond acceptors (Lipinski definition) is 8. The zero-order valence-electron chi connectivity index (χ0n) is 22.4. The lowest BCUT2D eigenvalue weighted by Gasteiger charge is -2.34. The Hall–Kier alpha value is -3.38. The Morgan fingerprint density at radius 3 is 2.38 bits per heavy atom. The molecule has 0 spiro atoms. The number of sulfonamides is 1. The lowest BCUT2D eigenvalue weighted by molar-refractivity contribution is 0.0918. The van der Waals surface area contributed by atoms with Crippen LogP contribution in [0.15, 0.2) is 82.5 Å². The van der Waals surface area contributed by atoms with E-state index in [0.29, 0.717) is 18.7 Å². The molecule has 3 aromatic rings. The van der Waals surface area contributed by atoms with E-state index in [1.807, 2.05) is 44.2 Å². The van der Waals surface area contributed by atoms with E-state index in [2.05, 4.69) is 5.32 Å². The number of benzene rings is 2. The van der Waals surface area contributed by atoms with Gasteiger partial charge in [0.2, 0.25) is 10.0 Å². The van der Waals surface area contributed by atoms with Gasteiger partial charge in [-0.1, -0.05) is 44.2 Å². The maximum absolute atomic E-state index is 13.8. The molecule has 0 unspecified atom stereocenters. The van der Waals surface area contributed by atoms with E-state index in [9.17, 15) is 18.3 Å². The number of amides is 1. The van der Waals surface area contributed by atoms with E-state index >= 15 is 0 Å². The van der Waals surface area contributed by atoms with Gasteiger partial charge in [-0.2, -0.15) is 4.31 Å². The van der Waals surface area contributed by atoms with Gasteiger partial charge in [0.1, 0.15) is 12.0 Å². The van der Waals surface area contributed by atoms with Gasteiger partial charge >= 0.3 is 6.09 Å². The van der Waals surface area contributed by atoms with Crippen LogP contribution in [0.5, 0.6) is 11.5 Å². The summed E-state index contributed by atoms with van der Waals surface area (Å²) in [5.41, 5.74) is 6.16. The zero-order chi connectivity index (χ0) is 28.5. The number of ether oxygens (including phenoxy) is 2. The first-order valence-electron chi connectivity index (χ1n) is 12.6. The minimum atomic E-state index is -4.03. The molecule has 212 valence electrons. The van der Waals surface area contributed by atoms with Crippen molar-refractivity contribution in [3.63, 3.8) is 0 Å². The minimum Gasteiger partial charge on any atom is -0.497 e. The first-order chi connectivity index (χ1) is 18.5. The van der Waals surface area contributed by atoms with Crippen molar-refractivity contribution in [1.29, 1.82) is 0 Å². The molecule has 11 heteroatoms. The number of aliphatic hydroxyl groups is 1. The van der Waals surface area contributed by atoms with Crippen molar-refractivity contribution in [3.8, 4) is 11.5 Å². The van der Waals surface area contributed by atoms with Crippen LogP contribution in [-0.4, -0.2) is 62.8 Å². The van der Waals surface area contributed by atoms with Gasteiger partial charge in [0.05, 0.1) is 30.4 Å². The van der Waals surface area contributed by atoms with Gasteiger partial charge in [-0.25, -0.2) is 13.2 Å². The summed E-state index contributed by atoms with van der Waals surface area (Å²) >= 11 is 0. The summed E-state index contributed by atoms with van der Waals surface area (Å²) in [6, 6.07) is 15.9. The number of carbonyl (C=O) groups is 1. The average molecular weight is 560 g/mol. The van der Waals surface area contributed by atoms with Crippen LogP contribution in [0, 0.1) is 5.41 Å². The highest BCUT2D eigenvalue weighted by atomic mass is 32.2. The quantitative estimate of drug-likeness (QED) is 0.273. The van der Waals surface area contributed by atoms with Gasteiger partial charge in [0, 0.05) is 19.2 Å². The van der Waals surface area contributed by atoms with Gasteiger partial charge in [-0.05, 0) is 54.6 Å². The predicted octanol–water partition coefficient (Wildman–Crippen LogP) is 3.41. The second-order valence-corrected chi connectivity index (χ2v) is 12.0. The molecule has 0 fully saturated rings. The monoisotopic (exact) mass is 559 g/mol. The fourth-order valence-electron chi connectivity index (χ4n) is 4.18. The number of nitrogens with one attached hydrogen (secondary N) is 1. The van der Waals surface area contributed by atoms with Gasteiger partial charge in [0.25, 0.3) is 0 Å². The molecule has 0 saturated carbocycles. The molecule has 1 amide bonds. The van der Waals surface area contributed by atoms with E-state index in [1.165, 1.54) is 42.1 Å². The van der Waals surface area contributed by atoms with Crippen LogP contribution < -0.4 is 20.5 Å². The third-order valence-corrected chi connectivity index (χ3v) is 8.11. The average Bonchev–Trinajstić information content (AvgIpc) is 3.41. The summed E-state index contributed by atoms with van der Waals surface area (Å²) in [5.74, 6) is 0.722. The molecule has 0 aliphatic heterocycles. The van der Waals surface area contributed by atoms with Crippen molar-refractivity contribution in [2.75, 3.05) is 26.7 Å². The van der Waals surface area contributed by atoms with Crippen LogP contribution in [0.25, 0.3) is 0 Å². The Morgan fingerprint density at radius 1 is 1.10 bits per heavy atom. The molecule has 39 heavy (non-hydrogen) atoms. The van der Waals surface area contributed by atoms with Crippen LogP contribution in [0.1, 0.15) is 25.8 Å². The largest absolute Gasteiger partial charge is 0.497 e. The highest BCUT2D eigenvalue weighted by Gasteiger charge is 2.34. The molecular weight excluding hydrogens is 522 g/mol. The lowest BCUT2D eigenvalue weighted by Crippen LogP contribution is -2.52. The molecule has 1 heterocycles. The molecule has 10 nitrogen and oxygen atoms in total. The number of hydrogen-bond donors (Lipinski definition) is 3. The number of methoxy groups -OCH3 is 1. The highest BCUT2D eigenvalue weighted by Crippen LogP contribution is 2.27. The smallest absolute Gasteiger partial charge is 0.413 e. The molecule has 0 saturated heterocycles. The molecule has 2 atom stereocenters. The molecule has 0 aliphatic rings. The van der Waals surface area contributed by atoms with Crippen molar-refractivity contribution in [2.24, 2.45) is 11.1 Å². The molecule has 2 aromatic carbocycles. The fourth-order valence-corrected chi connectivity index (χ4v) is 5.82. The fraction of sp³-hybridized carbons (Fsp3) is 0.393. The molecule has 0 radical (unpaired) electrons. The summed E-state index contributed by atoms with van der Waals surface area (Å²) in [6.07, 6.45) is 1.37. The molecular formula is C28H37N3O7S. The third kappa shape index (κ3) is 8.82. The first-order valence-corrected chi connectivity index (χ1v) is 14.0. The van der Waals surface area contributed by atoms with Gasteiger partial charge in [0.15, 0.2) is 5.75 Å². The molecule has 4 N–H and O–H groups in total. The van der Waals surface area contributed by atoms with Crippen LogP contribution in [0.4, 0.5) is 4.79 Å². The first kappa shape index (κ1) is 30.2. The third-order valence-electron chi connectivity index (χ3n) is 6.29. The Labute approximate surface area is 229 Å².